The lowest BCUT2D eigenvalue weighted by molar-refractivity contribution is -0.131. The minimum Gasteiger partial charge on any atom is -0.345 e. The SMILES string of the molecule is CCCCN(Cc1cccn1Cc1ccc(Br)cc1)C(=O)CC. The molecule has 0 N–H and O–H groups in total. The first-order chi connectivity index (χ1) is 11.1. The first kappa shape index (κ1) is 17.8. The van der Waals surface area contributed by atoms with Gasteiger partial charge in [0.15, 0.2) is 0 Å². The summed E-state index contributed by atoms with van der Waals surface area (Å²) in [4.78, 5) is 14.1. The average molecular weight is 377 g/mol. The normalized spacial score (nSPS) is 10.7. The Kier molecular flexibility index (Phi) is 6.90. The molecular weight excluding hydrogens is 352 g/mol. The summed E-state index contributed by atoms with van der Waals surface area (Å²) in [5.74, 6) is 0.231. The van der Waals surface area contributed by atoms with Crippen molar-refractivity contribution in [3.63, 3.8) is 0 Å². The van der Waals surface area contributed by atoms with Crippen LogP contribution in [-0.2, 0) is 17.9 Å². The van der Waals surface area contributed by atoms with Crippen LogP contribution in [0.5, 0.6) is 0 Å². The third kappa shape index (κ3) is 5.24. The zero-order valence-electron chi connectivity index (χ0n) is 14.0. The smallest absolute Gasteiger partial charge is 0.222 e. The second-order valence-electron chi connectivity index (χ2n) is 5.78. The van der Waals surface area contributed by atoms with Crippen LogP contribution in [0, 0.1) is 0 Å². The van der Waals surface area contributed by atoms with Gasteiger partial charge < -0.3 is 9.47 Å². The number of hydrogen-bond donors (Lipinski definition) is 0. The van der Waals surface area contributed by atoms with Gasteiger partial charge in [0.05, 0.1) is 6.54 Å². The van der Waals surface area contributed by atoms with Crippen LogP contribution >= 0.6 is 15.9 Å². The van der Waals surface area contributed by atoms with Gasteiger partial charge in [0, 0.05) is 35.9 Å². The van der Waals surface area contributed by atoms with Gasteiger partial charge in [-0.3, -0.25) is 4.79 Å². The molecule has 1 aromatic heterocycles. The zero-order valence-corrected chi connectivity index (χ0v) is 15.6. The molecule has 1 amide bonds. The fraction of sp³-hybridized carbons (Fsp3) is 0.421. The van der Waals surface area contributed by atoms with Crippen LogP contribution in [0.2, 0.25) is 0 Å². The summed E-state index contributed by atoms with van der Waals surface area (Å²) in [6.45, 7) is 6.45. The monoisotopic (exact) mass is 376 g/mol. The van der Waals surface area contributed by atoms with Crippen molar-refractivity contribution in [3.8, 4) is 0 Å². The average Bonchev–Trinajstić information content (AvgIpc) is 2.99. The van der Waals surface area contributed by atoms with Crippen molar-refractivity contribution in [2.45, 2.75) is 46.2 Å². The lowest BCUT2D eigenvalue weighted by atomic mass is 10.2. The maximum Gasteiger partial charge on any atom is 0.222 e. The second kappa shape index (κ2) is 8.92. The largest absolute Gasteiger partial charge is 0.345 e. The van der Waals surface area contributed by atoms with Gasteiger partial charge in [-0.05, 0) is 36.2 Å². The van der Waals surface area contributed by atoms with Crippen molar-refractivity contribution >= 4 is 21.8 Å². The van der Waals surface area contributed by atoms with Gasteiger partial charge in [0.1, 0.15) is 0 Å². The lowest BCUT2D eigenvalue weighted by Crippen LogP contribution is -2.31. The van der Waals surface area contributed by atoms with Gasteiger partial charge >= 0.3 is 0 Å². The van der Waals surface area contributed by atoms with Crippen LogP contribution in [0.25, 0.3) is 0 Å². The third-order valence-corrected chi connectivity index (χ3v) is 4.51. The van der Waals surface area contributed by atoms with Crippen LogP contribution in [0.15, 0.2) is 47.1 Å². The van der Waals surface area contributed by atoms with Crippen LogP contribution in [-0.4, -0.2) is 21.9 Å². The molecule has 23 heavy (non-hydrogen) atoms. The summed E-state index contributed by atoms with van der Waals surface area (Å²) in [6.07, 6.45) is 4.81. The fourth-order valence-corrected chi connectivity index (χ4v) is 2.86. The molecular formula is C19H25BrN2O. The van der Waals surface area contributed by atoms with E-state index in [4.69, 9.17) is 0 Å². The van der Waals surface area contributed by atoms with E-state index >= 15 is 0 Å². The molecule has 0 aliphatic carbocycles. The first-order valence-corrected chi connectivity index (χ1v) is 9.09. The van der Waals surface area contributed by atoms with Crippen LogP contribution < -0.4 is 0 Å². The molecule has 2 rings (SSSR count). The van der Waals surface area contributed by atoms with E-state index < -0.39 is 0 Å². The van der Waals surface area contributed by atoms with Gasteiger partial charge in [0.25, 0.3) is 0 Å². The molecule has 0 aliphatic heterocycles. The number of hydrogen-bond acceptors (Lipinski definition) is 1. The molecule has 124 valence electrons. The van der Waals surface area contributed by atoms with Crippen molar-refractivity contribution in [2.75, 3.05) is 6.54 Å². The van der Waals surface area contributed by atoms with Gasteiger partial charge in [-0.2, -0.15) is 0 Å². The number of nitrogens with zero attached hydrogens (tertiary/aromatic N) is 2. The Bertz CT molecular complexity index is 619. The number of carbonyl (C=O) groups excluding carboxylic acids is 1. The van der Waals surface area contributed by atoms with Gasteiger partial charge in [0.2, 0.25) is 5.91 Å². The molecule has 0 atom stereocenters. The van der Waals surface area contributed by atoms with E-state index in [1.54, 1.807) is 0 Å². The van der Waals surface area contributed by atoms with Gasteiger partial charge in [-0.15, -0.1) is 0 Å². The Morgan fingerprint density at radius 3 is 2.57 bits per heavy atom. The minimum absolute atomic E-state index is 0.231. The predicted octanol–water partition coefficient (Wildman–Crippen LogP) is 4.84. The topological polar surface area (TPSA) is 25.2 Å². The Hall–Kier alpha value is -1.55. The molecule has 0 bridgehead atoms. The number of aromatic nitrogens is 1. The number of amides is 1. The summed E-state index contributed by atoms with van der Waals surface area (Å²) >= 11 is 3.47. The summed E-state index contributed by atoms with van der Waals surface area (Å²) in [5.41, 5.74) is 2.44. The summed E-state index contributed by atoms with van der Waals surface area (Å²) in [5, 5.41) is 0. The maximum atomic E-state index is 12.2. The van der Waals surface area contributed by atoms with Crippen LogP contribution in [0.3, 0.4) is 0 Å². The number of carbonyl (C=O) groups is 1. The van der Waals surface area contributed by atoms with E-state index in [2.05, 4.69) is 70.0 Å². The number of unbranched alkanes of at least 4 members (excludes halogenated alkanes) is 1. The molecule has 0 saturated carbocycles. The highest BCUT2D eigenvalue weighted by Gasteiger charge is 2.13. The highest BCUT2D eigenvalue weighted by molar-refractivity contribution is 9.10. The van der Waals surface area contributed by atoms with Gasteiger partial charge in [-0.25, -0.2) is 0 Å². The molecule has 0 fully saturated rings. The molecule has 0 unspecified atom stereocenters. The number of rotatable bonds is 8. The Labute approximate surface area is 147 Å². The molecule has 0 spiro atoms. The van der Waals surface area contributed by atoms with Crippen LogP contribution in [0.4, 0.5) is 0 Å². The quantitative estimate of drug-likeness (QED) is 0.646. The molecule has 1 heterocycles. The van der Waals surface area contributed by atoms with Crippen molar-refractivity contribution in [2.24, 2.45) is 0 Å². The molecule has 2 aromatic rings. The Morgan fingerprint density at radius 2 is 1.91 bits per heavy atom. The second-order valence-corrected chi connectivity index (χ2v) is 6.69. The number of benzene rings is 1. The van der Waals surface area contributed by atoms with E-state index in [1.165, 1.54) is 11.3 Å². The maximum absolute atomic E-state index is 12.2. The highest BCUT2D eigenvalue weighted by atomic mass is 79.9. The minimum atomic E-state index is 0.231. The lowest BCUT2D eigenvalue weighted by Gasteiger charge is -2.23. The van der Waals surface area contributed by atoms with Crippen molar-refractivity contribution in [1.29, 1.82) is 0 Å². The Balaban J connectivity index is 2.09. The Morgan fingerprint density at radius 1 is 1.17 bits per heavy atom. The van der Waals surface area contributed by atoms with Crippen molar-refractivity contribution in [3.05, 3.63) is 58.3 Å². The standard InChI is InChI=1S/C19H25BrN2O/c1-3-5-12-22(19(23)4-2)15-18-7-6-13-21(18)14-16-8-10-17(20)11-9-16/h6-11,13H,3-5,12,14-15H2,1-2H3. The molecule has 0 radical (unpaired) electrons. The van der Waals surface area contributed by atoms with E-state index in [9.17, 15) is 4.79 Å². The van der Waals surface area contributed by atoms with E-state index in [-0.39, 0.29) is 5.91 Å². The summed E-state index contributed by atoms with van der Waals surface area (Å²) < 4.78 is 3.32. The molecule has 0 aliphatic rings. The van der Waals surface area contributed by atoms with Crippen molar-refractivity contribution < 1.29 is 4.79 Å². The third-order valence-electron chi connectivity index (χ3n) is 3.98. The van der Waals surface area contributed by atoms with E-state index in [0.717, 1.165) is 30.4 Å². The molecule has 4 heteroatoms. The predicted molar refractivity (Wildman–Crippen MR) is 98.3 cm³/mol. The molecule has 3 nitrogen and oxygen atoms in total. The van der Waals surface area contributed by atoms with E-state index in [0.29, 0.717) is 13.0 Å². The molecule has 0 saturated heterocycles. The molecule has 1 aromatic carbocycles. The van der Waals surface area contributed by atoms with E-state index in [1.807, 2.05) is 11.8 Å². The number of halogens is 1. The summed E-state index contributed by atoms with van der Waals surface area (Å²) in [6, 6.07) is 12.5. The van der Waals surface area contributed by atoms with Gasteiger partial charge in [-0.1, -0.05) is 48.3 Å². The summed E-state index contributed by atoms with van der Waals surface area (Å²) in [7, 11) is 0. The highest BCUT2D eigenvalue weighted by Crippen LogP contribution is 2.15. The first-order valence-electron chi connectivity index (χ1n) is 8.30. The van der Waals surface area contributed by atoms with Crippen LogP contribution in [0.1, 0.15) is 44.4 Å². The van der Waals surface area contributed by atoms with Crippen molar-refractivity contribution in [1.82, 2.24) is 9.47 Å². The zero-order chi connectivity index (χ0) is 16.7. The fourth-order valence-electron chi connectivity index (χ4n) is 2.59.